The summed E-state index contributed by atoms with van der Waals surface area (Å²) in [5.41, 5.74) is 0. The lowest BCUT2D eigenvalue weighted by molar-refractivity contribution is -0.140. The number of carboxylic acids is 1. The number of carboxylic acid groups (broad SMARTS) is 1. The first-order valence-electron chi connectivity index (χ1n) is 6.29. The minimum absolute atomic E-state index is 0.0537. The summed E-state index contributed by atoms with van der Waals surface area (Å²) in [6, 6.07) is -0.502. The topological polar surface area (TPSA) is 98.7 Å². The Labute approximate surface area is 110 Å². The van der Waals surface area contributed by atoms with Crippen molar-refractivity contribution in [3.63, 3.8) is 0 Å². The highest BCUT2D eigenvalue weighted by atomic mass is 16.4. The van der Waals surface area contributed by atoms with Crippen molar-refractivity contribution in [2.45, 2.75) is 18.9 Å². The predicted octanol–water partition coefficient (Wildman–Crippen LogP) is -0.453. The maximum atomic E-state index is 12.0. The van der Waals surface area contributed by atoms with Crippen LogP contribution < -0.4 is 10.6 Å². The van der Waals surface area contributed by atoms with Gasteiger partial charge < -0.3 is 20.6 Å². The fourth-order valence-corrected chi connectivity index (χ4v) is 2.21. The zero-order chi connectivity index (χ0) is 13.8. The Morgan fingerprint density at radius 2 is 2.16 bits per heavy atom. The number of hydrogen-bond acceptors (Lipinski definition) is 3. The van der Waals surface area contributed by atoms with Gasteiger partial charge in [0, 0.05) is 26.1 Å². The number of amides is 3. The van der Waals surface area contributed by atoms with E-state index >= 15 is 0 Å². The van der Waals surface area contributed by atoms with E-state index in [-0.39, 0.29) is 18.0 Å². The first kappa shape index (κ1) is 13.4. The van der Waals surface area contributed by atoms with Gasteiger partial charge in [0.15, 0.2) is 0 Å². The van der Waals surface area contributed by atoms with Crippen LogP contribution in [0, 0.1) is 5.92 Å². The Morgan fingerprint density at radius 1 is 1.37 bits per heavy atom. The van der Waals surface area contributed by atoms with Crippen molar-refractivity contribution < 1.29 is 19.5 Å². The maximum absolute atomic E-state index is 12.0. The third kappa shape index (κ3) is 3.46. The van der Waals surface area contributed by atoms with Gasteiger partial charge in [-0.25, -0.2) is 4.79 Å². The molecule has 0 bridgehead atoms. The molecule has 7 nitrogen and oxygen atoms in total. The van der Waals surface area contributed by atoms with Crippen LogP contribution in [-0.2, 0) is 9.59 Å². The number of nitrogens with zero attached hydrogens (tertiary/aromatic N) is 1. The Hall–Kier alpha value is -2.05. The average molecular weight is 267 g/mol. The van der Waals surface area contributed by atoms with Crippen molar-refractivity contribution in [1.82, 2.24) is 15.5 Å². The lowest BCUT2D eigenvalue weighted by atomic mass is 10.1. The quantitative estimate of drug-likeness (QED) is 0.590. The molecule has 19 heavy (non-hydrogen) atoms. The highest BCUT2D eigenvalue weighted by molar-refractivity contribution is 5.80. The molecule has 0 aromatic rings. The summed E-state index contributed by atoms with van der Waals surface area (Å²) in [4.78, 5) is 35.5. The monoisotopic (exact) mass is 267 g/mol. The number of hydrogen-bond donors (Lipinski definition) is 3. The molecule has 0 spiro atoms. The van der Waals surface area contributed by atoms with Gasteiger partial charge in [-0.15, -0.1) is 0 Å². The molecular formula is C12H17N3O4. The van der Waals surface area contributed by atoms with E-state index in [1.165, 1.54) is 0 Å². The summed E-state index contributed by atoms with van der Waals surface area (Å²) >= 11 is 0. The fraction of sp³-hybridized carbons (Fsp3) is 0.583. The van der Waals surface area contributed by atoms with E-state index in [4.69, 9.17) is 5.11 Å². The molecule has 1 heterocycles. The van der Waals surface area contributed by atoms with Crippen LogP contribution in [-0.4, -0.2) is 53.6 Å². The van der Waals surface area contributed by atoms with Gasteiger partial charge in [0.05, 0.1) is 12.0 Å². The molecule has 3 N–H and O–H groups in total. The van der Waals surface area contributed by atoms with E-state index in [0.29, 0.717) is 32.5 Å². The second kappa shape index (κ2) is 5.73. The molecule has 0 aromatic heterocycles. The summed E-state index contributed by atoms with van der Waals surface area (Å²) < 4.78 is 0. The molecule has 0 radical (unpaired) electrons. The molecule has 7 heteroatoms. The van der Waals surface area contributed by atoms with Crippen LogP contribution in [0.1, 0.15) is 12.8 Å². The van der Waals surface area contributed by atoms with Gasteiger partial charge in [-0.3, -0.25) is 9.59 Å². The summed E-state index contributed by atoms with van der Waals surface area (Å²) in [6.45, 7) is 1.30. The van der Waals surface area contributed by atoms with Gasteiger partial charge in [-0.1, -0.05) is 12.2 Å². The standard InChI is InChI=1S/C12H17N3O4/c16-10-3-5-15(6-4-13-10)12(19)14-9-2-1-8(7-9)11(17)18/h1-2,8-9H,3-7H2,(H,13,16)(H,14,19)(H,17,18). The summed E-state index contributed by atoms with van der Waals surface area (Å²) in [7, 11) is 0. The molecule has 1 fully saturated rings. The normalized spacial score (nSPS) is 26.7. The van der Waals surface area contributed by atoms with Crippen LogP contribution in [0.4, 0.5) is 4.79 Å². The smallest absolute Gasteiger partial charge is 0.317 e. The average Bonchev–Trinajstić information content (AvgIpc) is 2.71. The van der Waals surface area contributed by atoms with Crippen molar-refractivity contribution in [2.75, 3.05) is 19.6 Å². The van der Waals surface area contributed by atoms with Gasteiger partial charge in [-0.2, -0.15) is 0 Å². The van der Waals surface area contributed by atoms with Crippen LogP contribution in [0.15, 0.2) is 12.2 Å². The van der Waals surface area contributed by atoms with Crippen molar-refractivity contribution in [1.29, 1.82) is 0 Å². The summed E-state index contributed by atoms with van der Waals surface area (Å²) in [5, 5.41) is 14.3. The molecule has 104 valence electrons. The second-order valence-corrected chi connectivity index (χ2v) is 4.71. The van der Waals surface area contributed by atoms with Gasteiger partial charge in [0.1, 0.15) is 0 Å². The van der Waals surface area contributed by atoms with Crippen molar-refractivity contribution in [3.8, 4) is 0 Å². The minimum atomic E-state index is -0.877. The molecule has 2 rings (SSSR count). The number of aliphatic carboxylic acids is 1. The zero-order valence-electron chi connectivity index (χ0n) is 10.5. The molecular weight excluding hydrogens is 250 g/mol. The largest absolute Gasteiger partial charge is 0.481 e. The molecule has 2 aliphatic rings. The fourth-order valence-electron chi connectivity index (χ4n) is 2.21. The van der Waals surface area contributed by atoms with Gasteiger partial charge >= 0.3 is 12.0 Å². The molecule has 1 saturated heterocycles. The predicted molar refractivity (Wildman–Crippen MR) is 66.4 cm³/mol. The maximum Gasteiger partial charge on any atom is 0.317 e. The zero-order valence-corrected chi connectivity index (χ0v) is 10.5. The van der Waals surface area contributed by atoms with Crippen molar-refractivity contribution in [3.05, 3.63) is 12.2 Å². The highest BCUT2D eigenvalue weighted by Gasteiger charge is 2.27. The van der Waals surface area contributed by atoms with Gasteiger partial charge in [0.2, 0.25) is 5.91 Å². The number of nitrogens with one attached hydrogen (secondary N) is 2. The first-order chi connectivity index (χ1) is 9.06. The molecule has 0 saturated carbocycles. The van der Waals surface area contributed by atoms with Gasteiger partial charge in [-0.05, 0) is 6.42 Å². The van der Waals surface area contributed by atoms with E-state index in [0.717, 1.165) is 0 Å². The van der Waals surface area contributed by atoms with E-state index < -0.39 is 11.9 Å². The summed E-state index contributed by atoms with van der Waals surface area (Å²) in [6.07, 6.45) is 3.98. The SMILES string of the molecule is O=C1CCN(C(=O)NC2C=CC(C(=O)O)C2)CCN1. The number of rotatable bonds is 2. The molecule has 1 aliphatic carbocycles. The van der Waals surface area contributed by atoms with Crippen LogP contribution in [0.5, 0.6) is 0 Å². The van der Waals surface area contributed by atoms with Crippen LogP contribution in [0.3, 0.4) is 0 Å². The Morgan fingerprint density at radius 3 is 2.84 bits per heavy atom. The molecule has 3 amide bonds. The summed E-state index contributed by atoms with van der Waals surface area (Å²) in [5.74, 6) is -1.46. The van der Waals surface area contributed by atoms with Crippen LogP contribution in [0.2, 0.25) is 0 Å². The Balaban J connectivity index is 1.83. The molecule has 2 atom stereocenters. The van der Waals surface area contributed by atoms with E-state index in [1.54, 1.807) is 17.1 Å². The van der Waals surface area contributed by atoms with Crippen LogP contribution >= 0.6 is 0 Å². The minimum Gasteiger partial charge on any atom is -0.481 e. The number of carbonyl (C=O) groups is 3. The lowest BCUT2D eigenvalue weighted by Gasteiger charge is -2.22. The molecule has 0 aromatic carbocycles. The van der Waals surface area contributed by atoms with Crippen molar-refractivity contribution in [2.24, 2.45) is 5.92 Å². The first-order valence-corrected chi connectivity index (χ1v) is 6.29. The van der Waals surface area contributed by atoms with Crippen LogP contribution in [0.25, 0.3) is 0 Å². The van der Waals surface area contributed by atoms with E-state index in [2.05, 4.69) is 10.6 Å². The highest BCUT2D eigenvalue weighted by Crippen LogP contribution is 2.18. The molecule has 2 unspecified atom stereocenters. The third-order valence-corrected chi connectivity index (χ3v) is 3.31. The second-order valence-electron chi connectivity index (χ2n) is 4.71. The van der Waals surface area contributed by atoms with E-state index in [1.807, 2.05) is 0 Å². The number of carbonyl (C=O) groups excluding carboxylic acids is 2. The molecule has 1 aliphatic heterocycles. The Kier molecular flexibility index (Phi) is 4.03. The third-order valence-electron chi connectivity index (χ3n) is 3.31. The Bertz CT molecular complexity index is 421. The van der Waals surface area contributed by atoms with Crippen molar-refractivity contribution >= 4 is 17.9 Å². The van der Waals surface area contributed by atoms with Gasteiger partial charge in [0.25, 0.3) is 0 Å². The van der Waals surface area contributed by atoms with E-state index in [9.17, 15) is 14.4 Å². The number of urea groups is 1. The lowest BCUT2D eigenvalue weighted by Crippen LogP contribution is -2.45.